The molecular weight excluding hydrogens is 248 g/mol. The van der Waals surface area contributed by atoms with E-state index in [1.807, 2.05) is 30.5 Å². The summed E-state index contributed by atoms with van der Waals surface area (Å²) in [6.45, 7) is 1.78. The van der Waals surface area contributed by atoms with E-state index in [2.05, 4.69) is 20.5 Å². The van der Waals surface area contributed by atoms with Gasteiger partial charge < -0.3 is 0 Å². The van der Waals surface area contributed by atoms with Crippen LogP contribution in [-0.4, -0.2) is 27.3 Å². The molecule has 0 fully saturated rings. The van der Waals surface area contributed by atoms with Crippen molar-refractivity contribution in [2.45, 2.75) is 18.2 Å². The fourth-order valence-electron chi connectivity index (χ4n) is 1.59. The standard InChI is InChI=1S/C12H14N4OS/c1-8-13-12(16-15-8)14-11(17)7-9-5-3-4-6-10(9)18-2/h3-6H,7H2,1-2H3,(H2,13,14,15,16,17). The molecule has 0 aliphatic rings. The van der Waals surface area contributed by atoms with Crippen molar-refractivity contribution in [3.8, 4) is 0 Å². The van der Waals surface area contributed by atoms with E-state index in [1.165, 1.54) is 0 Å². The SMILES string of the molecule is CSc1ccccc1CC(=O)Nc1n[nH]c(C)n1. The Balaban J connectivity index is 2.03. The zero-order chi connectivity index (χ0) is 13.0. The summed E-state index contributed by atoms with van der Waals surface area (Å²) in [5.74, 6) is 0.879. The molecule has 6 heteroatoms. The summed E-state index contributed by atoms with van der Waals surface area (Å²) in [5.41, 5.74) is 1.01. The Morgan fingerprint density at radius 2 is 2.22 bits per heavy atom. The molecule has 0 radical (unpaired) electrons. The molecule has 0 aliphatic carbocycles. The number of thioether (sulfide) groups is 1. The zero-order valence-electron chi connectivity index (χ0n) is 10.2. The molecule has 0 saturated heterocycles. The quantitative estimate of drug-likeness (QED) is 0.827. The summed E-state index contributed by atoms with van der Waals surface area (Å²) in [6, 6.07) is 7.85. The maximum Gasteiger partial charge on any atom is 0.248 e. The largest absolute Gasteiger partial charge is 0.293 e. The van der Waals surface area contributed by atoms with Gasteiger partial charge in [-0.2, -0.15) is 4.98 Å². The zero-order valence-corrected chi connectivity index (χ0v) is 11.0. The number of anilines is 1. The number of benzene rings is 1. The summed E-state index contributed by atoms with van der Waals surface area (Å²) in [4.78, 5) is 17.0. The van der Waals surface area contributed by atoms with Crippen LogP contribution in [0.5, 0.6) is 0 Å². The van der Waals surface area contributed by atoms with Gasteiger partial charge in [0, 0.05) is 4.90 Å². The Morgan fingerprint density at radius 1 is 1.44 bits per heavy atom. The minimum atomic E-state index is -0.115. The van der Waals surface area contributed by atoms with Gasteiger partial charge in [0.25, 0.3) is 0 Å². The maximum absolute atomic E-state index is 11.8. The number of amides is 1. The lowest BCUT2D eigenvalue weighted by molar-refractivity contribution is -0.115. The van der Waals surface area contributed by atoms with Crippen LogP contribution in [-0.2, 0) is 11.2 Å². The lowest BCUT2D eigenvalue weighted by Crippen LogP contribution is -2.15. The van der Waals surface area contributed by atoms with Gasteiger partial charge in [0.05, 0.1) is 6.42 Å². The van der Waals surface area contributed by atoms with Gasteiger partial charge in [-0.1, -0.05) is 18.2 Å². The predicted molar refractivity (Wildman–Crippen MR) is 71.7 cm³/mol. The lowest BCUT2D eigenvalue weighted by Gasteiger charge is -2.06. The third-order valence-electron chi connectivity index (χ3n) is 2.39. The van der Waals surface area contributed by atoms with Gasteiger partial charge in [-0.3, -0.25) is 15.2 Å². The van der Waals surface area contributed by atoms with Crippen LogP contribution in [0.15, 0.2) is 29.2 Å². The van der Waals surface area contributed by atoms with Crippen molar-refractivity contribution in [3.63, 3.8) is 0 Å². The second-order valence-corrected chi connectivity index (χ2v) is 4.63. The Morgan fingerprint density at radius 3 is 2.89 bits per heavy atom. The molecular formula is C12H14N4OS. The topological polar surface area (TPSA) is 70.7 Å². The molecule has 5 nitrogen and oxygen atoms in total. The minimum Gasteiger partial charge on any atom is -0.293 e. The molecule has 1 aromatic heterocycles. The minimum absolute atomic E-state index is 0.115. The molecule has 0 aliphatic heterocycles. The van der Waals surface area contributed by atoms with Gasteiger partial charge in [-0.25, -0.2) is 0 Å². The van der Waals surface area contributed by atoms with Crippen molar-refractivity contribution < 1.29 is 4.79 Å². The van der Waals surface area contributed by atoms with Crippen molar-refractivity contribution in [2.75, 3.05) is 11.6 Å². The molecule has 0 bridgehead atoms. The van der Waals surface area contributed by atoms with Crippen LogP contribution >= 0.6 is 11.8 Å². The highest BCUT2D eigenvalue weighted by molar-refractivity contribution is 7.98. The van der Waals surface area contributed by atoms with Crippen molar-refractivity contribution in [3.05, 3.63) is 35.7 Å². The predicted octanol–water partition coefficient (Wildman–Crippen LogP) is 2.02. The third kappa shape index (κ3) is 3.10. The first-order valence-electron chi connectivity index (χ1n) is 5.50. The van der Waals surface area contributed by atoms with Crippen LogP contribution in [0.3, 0.4) is 0 Å². The molecule has 0 spiro atoms. The molecule has 0 atom stereocenters. The van der Waals surface area contributed by atoms with Gasteiger partial charge in [0.1, 0.15) is 5.82 Å². The van der Waals surface area contributed by atoms with E-state index in [1.54, 1.807) is 18.7 Å². The lowest BCUT2D eigenvalue weighted by atomic mass is 10.1. The number of aromatic amines is 1. The summed E-state index contributed by atoms with van der Waals surface area (Å²) < 4.78 is 0. The van der Waals surface area contributed by atoms with E-state index in [0.717, 1.165) is 10.5 Å². The van der Waals surface area contributed by atoms with Crippen LogP contribution in [0.25, 0.3) is 0 Å². The highest BCUT2D eigenvalue weighted by Crippen LogP contribution is 2.20. The number of H-pyrrole nitrogens is 1. The van der Waals surface area contributed by atoms with E-state index in [9.17, 15) is 4.79 Å². The van der Waals surface area contributed by atoms with Crippen molar-refractivity contribution in [1.29, 1.82) is 0 Å². The number of rotatable bonds is 4. The molecule has 2 rings (SSSR count). The Kier molecular flexibility index (Phi) is 3.99. The van der Waals surface area contributed by atoms with Gasteiger partial charge in [-0.15, -0.1) is 16.9 Å². The third-order valence-corrected chi connectivity index (χ3v) is 3.23. The average molecular weight is 262 g/mol. The molecule has 2 N–H and O–H groups in total. The fraction of sp³-hybridized carbons (Fsp3) is 0.250. The van der Waals surface area contributed by atoms with E-state index in [0.29, 0.717) is 18.2 Å². The molecule has 1 amide bonds. The molecule has 0 unspecified atom stereocenters. The maximum atomic E-state index is 11.8. The van der Waals surface area contributed by atoms with Gasteiger partial charge in [-0.05, 0) is 24.8 Å². The summed E-state index contributed by atoms with van der Waals surface area (Å²) in [7, 11) is 0. The Labute approximate surface area is 109 Å². The summed E-state index contributed by atoms with van der Waals surface area (Å²) in [6.07, 6.45) is 2.32. The number of nitrogens with zero attached hydrogens (tertiary/aromatic N) is 2. The fourth-order valence-corrected chi connectivity index (χ4v) is 2.21. The van der Waals surface area contributed by atoms with Gasteiger partial charge in [0.15, 0.2) is 0 Å². The van der Waals surface area contributed by atoms with E-state index in [4.69, 9.17) is 0 Å². The normalized spacial score (nSPS) is 10.3. The number of hydrogen-bond acceptors (Lipinski definition) is 4. The second-order valence-electron chi connectivity index (χ2n) is 3.78. The average Bonchev–Trinajstić information content (AvgIpc) is 2.75. The number of carbonyl (C=O) groups excluding carboxylic acids is 1. The van der Waals surface area contributed by atoms with E-state index < -0.39 is 0 Å². The number of aromatic nitrogens is 3. The number of nitrogens with one attached hydrogen (secondary N) is 2. The van der Waals surface area contributed by atoms with Gasteiger partial charge in [0.2, 0.25) is 11.9 Å². The Hall–Kier alpha value is -1.82. The van der Waals surface area contributed by atoms with Crippen molar-refractivity contribution >= 4 is 23.6 Å². The van der Waals surface area contributed by atoms with Crippen LogP contribution in [0.4, 0.5) is 5.95 Å². The number of carbonyl (C=O) groups is 1. The summed E-state index contributed by atoms with van der Waals surface area (Å²) in [5, 5.41) is 9.21. The summed E-state index contributed by atoms with van der Waals surface area (Å²) >= 11 is 1.63. The number of hydrogen-bond donors (Lipinski definition) is 2. The van der Waals surface area contributed by atoms with E-state index in [-0.39, 0.29) is 5.91 Å². The van der Waals surface area contributed by atoms with Crippen molar-refractivity contribution in [2.24, 2.45) is 0 Å². The highest BCUT2D eigenvalue weighted by Gasteiger charge is 2.09. The molecule has 0 saturated carbocycles. The molecule has 1 heterocycles. The van der Waals surface area contributed by atoms with Crippen LogP contribution in [0, 0.1) is 6.92 Å². The molecule has 94 valence electrons. The van der Waals surface area contributed by atoms with Crippen LogP contribution < -0.4 is 5.32 Å². The first kappa shape index (κ1) is 12.6. The van der Waals surface area contributed by atoms with E-state index >= 15 is 0 Å². The van der Waals surface area contributed by atoms with Crippen LogP contribution in [0.1, 0.15) is 11.4 Å². The highest BCUT2D eigenvalue weighted by atomic mass is 32.2. The molecule has 18 heavy (non-hydrogen) atoms. The van der Waals surface area contributed by atoms with Crippen molar-refractivity contribution in [1.82, 2.24) is 15.2 Å². The first-order valence-corrected chi connectivity index (χ1v) is 6.72. The van der Waals surface area contributed by atoms with Gasteiger partial charge >= 0.3 is 0 Å². The Bertz CT molecular complexity index is 553. The molecule has 1 aromatic carbocycles. The number of aryl methyl sites for hydroxylation is 1. The molecule has 2 aromatic rings. The first-order chi connectivity index (χ1) is 8.69. The monoisotopic (exact) mass is 262 g/mol. The van der Waals surface area contributed by atoms with Crippen LogP contribution in [0.2, 0.25) is 0 Å². The second kappa shape index (κ2) is 5.68. The smallest absolute Gasteiger partial charge is 0.248 e.